The number of ether oxygens (including phenoxy) is 2. The summed E-state index contributed by atoms with van der Waals surface area (Å²) >= 11 is 0. The molecule has 1 aromatic carbocycles. The van der Waals surface area contributed by atoms with Gasteiger partial charge < -0.3 is 19.9 Å². The largest absolute Gasteiger partial charge is 0.490 e. The predicted molar refractivity (Wildman–Crippen MR) is 82.0 cm³/mol. The van der Waals surface area contributed by atoms with E-state index in [9.17, 15) is 4.79 Å². The molecule has 0 radical (unpaired) electrons. The van der Waals surface area contributed by atoms with Gasteiger partial charge in [-0.25, -0.2) is 0 Å². The first-order valence-electron chi connectivity index (χ1n) is 7.43. The number of benzene rings is 1. The van der Waals surface area contributed by atoms with Crippen molar-refractivity contribution < 1.29 is 19.4 Å². The van der Waals surface area contributed by atoms with Gasteiger partial charge in [0.25, 0.3) is 5.91 Å². The molecule has 0 bridgehead atoms. The summed E-state index contributed by atoms with van der Waals surface area (Å²) < 4.78 is 11.2. The molecule has 1 unspecified atom stereocenters. The number of nitrogens with one attached hydrogen (secondary N) is 1. The van der Waals surface area contributed by atoms with Crippen molar-refractivity contribution in [3.63, 3.8) is 0 Å². The summed E-state index contributed by atoms with van der Waals surface area (Å²) in [6.45, 7) is 6.76. The summed E-state index contributed by atoms with van der Waals surface area (Å²) in [4.78, 5) is 12.0. The fraction of sp³-hybridized carbons (Fsp3) is 0.562. The normalized spacial score (nSPS) is 11.8. The second-order valence-electron chi connectivity index (χ2n) is 4.85. The summed E-state index contributed by atoms with van der Waals surface area (Å²) in [5.74, 6) is 0.979. The topological polar surface area (TPSA) is 67.8 Å². The molecule has 21 heavy (non-hydrogen) atoms. The van der Waals surface area contributed by atoms with E-state index in [4.69, 9.17) is 14.6 Å². The van der Waals surface area contributed by atoms with Crippen molar-refractivity contribution in [3.05, 3.63) is 23.8 Å². The van der Waals surface area contributed by atoms with Crippen molar-refractivity contribution in [2.24, 2.45) is 0 Å². The molecule has 0 aliphatic heterocycles. The Kier molecular flexibility index (Phi) is 7.61. The Balaban J connectivity index is 2.83. The lowest BCUT2D eigenvalue weighted by molar-refractivity contribution is 0.0921. The molecule has 2 N–H and O–H groups in total. The van der Waals surface area contributed by atoms with Crippen molar-refractivity contribution in [3.8, 4) is 11.5 Å². The molecule has 1 amide bonds. The number of rotatable bonds is 9. The lowest BCUT2D eigenvalue weighted by atomic mass is 10.1. The maximum absolute atomic E-state index is 12.0. The summed E-state index contributed by atoms with van der Waals surface area (Å²) in [5.41, 5.74) is 0.488. The van der Waals surface area contributed by atoms with Gasteiger partial charge in [-0.2, -0.15) is 0 Å². The number of carbonyl (C=O) groups excluding carboxylic acids is 1. The minimum Gasteiger partial charge on any atom is -0.490 e. The van der Waals surface area contributed by atoms with Gasteiger partial charge in [-0.1, -0.05) is 13.3 Å². The molecule has 5 nitrogen and oxygen atoms in total. The van der Waals surface area contributed by atoms with Crippen LogP contribution in [-0.2, 0) is 0 Å². The van der Waals surface area contributed by atoms with Crippen LogP contribution < -0.4 is 14.8 Å². The van der Waals surface area contributed by atoms with Gasteiger partial charge in [-0.15, -0.1) is 0 Å². The molecule has 0 aromatic heterocycles. The third-order valence-electron chi connectivity index (χ3n) is 2.91. The van der Waals surface area contributed by atoms with Gasteiger partial charge in [0, 0.05) is 11.6 Å². The molecule has 0 fully saturated rings. The molecule has 118 valence electrons. The molecular weight excluding hydrogens is 270 g/mol. The molecule has 5 heteroatoms. The highest BCUT2D eigenvalue weighted by Gasteiger charge is 2.13. The minimum absolute atomic E-state index is 0.0950. The van der Waals surface area contributed by atoms with E-state index in [-0.39, 0.29) is 18.6 Å². The summed E-state index contributed by atoms with van der Waals surface area (Å²) in [5, 5.41) is 11.7. The van der Waals surface area contributed by atoms with Crippen LogP contribution in [0.2, 0.25) is 0 Å². The Morgan fingerprint density at radius 2 is 2.05 bits per heavy atom. The summed E-state index contributed by atoms with van der Waals surface area (Å²) in [7, 11) is 0. The third-order valence-corrected chi connectivity index (χ3v) is 2.91. The van der Waals surface area contributed by atoms with Crippen LogP contribution >= 0.6 is 0 Å². The smallest absolute Gasteiger partial charge is 0.251 e. The quantitative estimate of drug-likeness (QED) is 0.686. The fourth-order valence-electron chi connectivity index (χ4n) is 1.72. The number of hydrogen-bond donors (Lipinski definition) is 2. The molecule has 0 saturated heterocycles. The Morgan fingerprint density at radius 1 is 1.29 bits per heavy atom. The molecule has 0 spiro atoms. The van der Waals surface area contributed by atoms with E-state index in [2.05, 4.69) is 12.2 Å². The zero-order valence-corrected chi connectivity index (χ0v) is 13.0. The maximum Gasteiger partial charge on any atom is 0.251 e. The SMILES string of the molecule is CCCCOc1ccc(C(=O)NC(C)CO)cc1OCC. The number of carbonyl (C=O) groups is 1. The molecular formula is C16H25NO4. The van der Waals surface area contributed by atoms with Gasteiger partial charge in [0.2, 0.25) is 0 Å². The monoisotopic (exact) mass is 295 g/mol. The van der Waals surface area contributed by atoms with Crippen LogP contribution in [0, 0.1) is 0 Å². The summed E-state index contributed by atoms with van der Waals surface area (Å²) in [6, 6.07) is 4.83. The highest BCUT2D eigenvalue weighted by Crippen LogP contribution is 2.28. The standard InChI is InChI=1S/C16H25NO4/c1-4-6-9-21-14-8-7-13(10-15(14)20-5-2)16(19)17-12(3)11-18/h7-8,10,12,18H,4-6,9,11H2,1-3H3,(H,17,19). The van der Waals surface area contributed by atoms with Crippen LogP contribution in [-0.4, -0.2) is 36.9 Å². The van der Waals surface area contributed by atoms with Crippen LogP contribution in [0.3, 0.4) is 0 Å². The van der Waals surface area contributed by atoms with Gasteiger partial charge in [0.1, 0.15) is 0 Å². The fourth-order valence-corrected chi connectivity index (χ4v) is 1.72. The number of aliphatic hydroxyl groups is 1. The van der Waals surface area contributed by atoms with Gasteiger partial charge >= 0.3 is 0 Å². The van der Waals surface area contributed by atoms with E-state index < -0.39 is 0 Å². The van der Waals surface area contributed by atoms with Crippen molar-refractivity contribution in [2.45, 2.75) is 39.7 Å². The first kappa shape index (κ1) is 17.3. The van der Waals surface area contributed by atoms with Gasteiger partial charge in [0.15, 0.2) is 11.5 Å². The molecule has 0 aliphatic carbocycles. The van der Waals surface area contributed by atoms with Crippen LogP contribution in [0.5, 0.6) is 11.5 Å². The molecule has 0 heterocycles. The van der Waals surface area contributed by atoms with E-state index in [1.165, 1.54) is 0 Å². The van der Waals surface area contributed by atoms with Crippen molar-refractivity contribution in [1.29, 1.82) is 0 Å². The lowest BCUT2D eigenvalue weighted by Gasteiger charge is -2.14. The number of unbranched alkanes of at least 4 members (excludes halogenated alkanes) is 1. The average molecular weight is 295 g/mol. The van der Waals surface area contributed by atoms with Crippen molar-refractivity contribution in [2.75, 3.05) is 19.8 Å². The third kappa shape index (κ3) is 5.63. The van der Waals surface area contributed by atoms with Gasteiger partial charge in [-0.05, 0) is 38.5 Å². The van der Waals surface area contributed by atoms with Gasteiger partial charge in [-0.3, -0.25) is 4.79 Å². The maximum atomic E-state index is 12.0. The van der Waals surface area contributed by atoms with E-state index in [0.29, 0.717) is 30.3 Å². The molecule has 0 aliphatic rings. The first-order chi connectivity index (χ1) is 10.1. The second kappa shape index (κ2) is 9.23. The lowest BCUT2D eigenvalue weighted by Crippen LogP contribution is -2.34. The average Bonchev–Trinajstić information content (AvgIpc) is 2.48. The Morgan fingerprint density at radius 3 is 2.67 bits per heavy atom. The van der Waals surface area contributed by atoms with E-state index in [1.807, 2.05) is 6.92 Å². The van der Waals surface area contributed by atoms with Crippen LogP contribution in [0.15, 0.2) is 18.2 Å². The number of aliphatic hydroxyl groups excluding tert-OH is 1. The highest BCUT2D eigenvalue weighted by atomic mass is 16.5. The molecule has 1 aromatic rings. The molecule has 1 rings (SSSR count). The van der Waals surface area contributed by atoms with E-state index >= 15 is 0 Å². The highest BCUT2D eigenvalue weighted by molar-refractivity contribution is 5.95. The van der Waals surface area contributed by atoms with Crippen molar-refractivity contribution in [1.82, 2.24) is 5.32 Å². The van der Waals surface area contributed by atoms with E-state index in [1.54, 1.807) is 25.1 Å². The van der Waals surface area contributed by atoms with Crippen LogP contribution in [0.1, 0.15) is 44.0 Å². The first-order valence-corrected chi connectivity index (χ1v) is 7.43. The Bertz CT molecular complexity index is 448. The summed E-state index contributed by atoms with van der Waals surface area (Å²) in [6.07, 6.45) is 2.03. The molecule has 1 atom stereocenters. The second-order valence-corrected chi connectivity index (χ2v) is 4.85. The Labute approximate surface area is 126 Å². The number of hydrogen-bond acceptors (Lipinski definition) is 4. The van der Waals surface area contributed by atoms with E-state index in [0.717, 1.165) is 12.8 Å². The molecule has 0 saturated carbocycles. The minimum atomic E-state index is -0.284. The Hall–Kier alpha value is -1.75. The zero-order chi connectivity index (χ0) is 15.7. The number of amides is 1. The van der Waals surface area contributed by atoms with Gasteiger partial charge in [0.05, 0.1) is 19.8 Å². The van der Waals surface area contributed by atoms with Crippen LogP contribution in [0.4, 0.5) is 0 Å². The predicted octanol–water partition coefficient (Wildman–Crippen LogP) is 2.37. The zero-order valence-electron chi connectivity index (χ0n) is 13.0. The van der Waals surface area contributed by atoms with Crippen molar-refractivity contribution >= 4 is 5.91 Å². The van der Waals surface area contributed by atoms with Crippen LogP contribution in [0.25, 0.3) is 0 Å².